The topological polar surface area (TPSA) is 35.6 Å². The lowest BCUT2D eigenvalue weighted by molar-refractivity contribution is -0.134. The molecule has 0 bridgehead atoms. The second-order valence-electron chi connectivity index (χ2n) is 6.34. The van der Waals surface area contributed by atoms with Crippen molar-refractivity contribution in [2.24, 2.45) is 11.8 Å². The zero-order valence-corrected chi connectivity index (χ0v) is 12.9. The predicted molar refractivity (Wildman–Crippen MR) is 78.4 cm³/mol. The van der Waals surface area contributed by atoms with Crippen LogP contribution in [-0.2, 0) is 4.79 Å². The molecule has 0 aromatic carbocycles. The number of rotatable bonds is 5. The number of nitrogens with zero attached hydrogens (tertiary/aromatic N) is 2. The van der Waals surface area contributed by atoms with E-state index in [1.165, 1.54) is 0 Å². The lowest BCUT2D eigenvalue weighted by Crippen LogP contribution is -2.50. The molecule has 2 rings (SSSR count). The highest BCUT2D eigenvalue weighted by Gasteiger charge is 2.26. The Morgan fingerprint density at radius 2 is 1.81 bits per heavy atom. The summed E-state index contributed by atoms with van der Waals surface area (Å²) in [7, 11) is 0. The summed E-state index contributed by atoms with van der Waals surface area (Å²) in [6.07, 6.45) is 0.611. The van der Waals surface area contributed by atoms with Crippen LogP contribution in [0.15, 0.2) is 0 Å². The van der Waals surface area contributed by atoms with Gasteiger partial charge < -0.3 is 10.2 Å². The minimum absolute atomic E-state index is 0.173. The van der Waals surface area contributed by atoms with Gasteiger partial charge in [-0.25, -0.2) is 8.78 Å². The SMILES string of the molecule is CC(CC(=O)N1CCN(CC(F)F)CC1)C1CCNCC1. The molecule has 0 aromatic heterocycles. The van der Waals surface area contributed by atoms with Crippen LogP contribution in [0.5, 0.6) is 0 Å². The molecule has 122 valence electrons. The Kier molecular flexibility index (Phi) is 6.36. The van der Waals surface area contributed by atoms with Crippen LogP contribution in [0.25, 0.3) is 0 Å². The van der Waals surface area contributed by atoms with Gasteiger partial charge >= 0.3 is 0 Å². The van der Waals surface area contributed by atoms with Gasteiger partial charge in [0.15, 0.2) is 0 Å². The van der Waals surface area contributed by atoms with Crippen molar-refractivity contribution in [3.05, 3.63) is 0 Å². The summed E-state index contributed by atoms with van der Waals surface area (Å²) in [5.74, 6) is 1.24. The highest BCUT2D eigenvalue weighted by atomic mass is 19.3. The molecule has 1 unspecified atom stereocenters. The molecule has 1 N–H and O–H groups in total. The van der Waals surface area contributed by atoms with Crippen LogP contribution in [0, 0.1) is 11.8 Å². The van der Waals surface area contributed by atoms with Crippen molar-refractivity contribution in [3.63, 3.8) is 0 Å². The van der Waals surface area contributed by atoms with E-state index in [0.29, 0.717) is 44.4 Å². The number of piperidine rings is 1. The van der Waals surface area contributed by atoms with Crippen LogP contribution >= 0.6 is 0 Å². The maximum Gasteiger partial charge on any atom is 0.251 e. The molecule has 1 amide bonds. The highest BCUT2D eigenvalue weighted by Crippen LogP contribution is 2.25. The third kappa shape index (κ3) is 5.18. The Morgan fingerprint density at radius 3 is 2.38 bits per heavy atom. The molecule has 0 radical (unpaired) electrons. The van der Waals surface area contributed by atoms with E-state index in [2.05, 4.69) is 12.2 Å². The van der Waals surface area contributed by atoms with Crippen LogP contribution in [-0.4, -0.2) is 67.9 Å². The van der Waals surface area contributed by atoms with Crippen molar-refractivity contribution in [3.8, 4) is 0 Å². The van der Waals surface area contributed by atoms with E-state index in [1.54, 1.807) is 4.90 Å². The van der Waals surface area contributed by atoms with E-state index in [-0.39, 0.29) is 12.5 Å². The van der Waals surface area contributed by atoms with E-state index in [4.69, 9.17) is 0 Å². The van der Waals surface area contributed by atoms with Gasteiger partial charge in [-0.3, -0.25) is 9.69 Å². The maximum absolute atomic E-state index is 12.3. The number of nitrogens with one attached hydrogen (secondary N) is 1. The molecule has 0 spiro atoms. The van der Waals surface area contributed by atoms with Gasteiger partial charge in [-0.05, 0) is 37.8 Å². The molecule has 4 nitrogen and oxygen atoms in total. The van der Waals surface area contributed by atoms with Crippen molar-refractivity contribution < 1.29 is 13.6 Å². The third-order valence-electron chi connectivity index (χ3n) is 4.81. The molecule has 1 atom stereocenters. The van der Waals surface area contributed by atoms with Crippen molar-refractivity contribution in [2.75, 3.05) is 45.8 Å². The third-order valence-corrected chi connectivity index (χ3v) is 4.81. The van der Waals surface area contributed by atoms with E-state index >= 15 is 0 Å². The molecular weight excluding hydrogens is 276 g/mol. The fourth-order valence-electron chi connectivity index (χ4n) is 3.36. The van der Waals surface area contributed by atoms with Gasteiger partial charge in [-0.2, -0.15) is 0 Å². The molecule has 0 aliphatic carbocycles. The summed E-state index contributed by atoms with van der Waals surface area (Å²) in [5.41, 5.74) is 0. The van der Waals surface area contributed by atoms with Crippen LogP contribution in [0.1, 0.15) is 26.2 Å². The van der Waals surface area contributed by atoms with E-state index in [9.17, 15) is 13.6 Å². The molecule has 2 fully saturated rings. The fourth-order valence-corrected chi connectivity index (χ4v) is 3.36. The van der Waals surface area contributed by atoms with Crippen molar-refractivity contribution in [2.45, 2.75) is 32.6 Å². The van der Waals surface area contributed by atoms with E-state index < -0.39 is 6.43 Å². The standard InChI is InChI=1S/C15H27F2N3O/c1-12(13-2-4-18-5-3-13)10-15(21)20-8-6-19(7-9-20)11-14(16)17/h12-14,18H,2-11H2,1H3. The van der Waals surface area contributed by atoms with Crippen molar-refractivity contribution in [1.82, 2.24) is 15.1 Å². The van der Waals surface area contributed by atoms with Gasteiger partial charge in [0.1, 0.15) is 0 Å². The molecule has 2 aliphatic heterocycles. The number of carbonyl (C=O) groups excluding carboxylic acids is 1. The summed E-state index contributed by atoms with van der Waals surface area (Å²) in [4.78, 5) is 15.9. The Labute approximate surface area is 125 Å². The summed E-state index contributed by atoms with van der Waals surface area (Å²) in [6, 6.07) is 0. The van der Waals surface area contributed by atoms with Crippen molar-refractivity contribution in [1.29, 1.82) is 0 Å². The molecule has 2 saturated heterocycles. The van der Waals surface area contributed by atoms with Crippen LogP contribution in [0.4, 0.5) is 8.78 Å². The summed E-state index contributed by atoms with van der Waals surface area (Å²) < 4.78 is 24.7. The summed E-state index contributed by atoms with van der Waals surface area (Å²) >= 11 is 0. The number of piperazine rings is 1. The monoisotopic (exact) mass is 303 g/mol. The minimum Gasteiger partial charge on any atom is -0.340 e. The number of alkyl halides is 2. The molecule has 2 aliphatic rings. The zero-order valence-electron chi connectivity index (χ0n) is 12.9. The van der Waals surface area contributed by atoms with Gasteiger partial charge in [0, 0.05) is 32.6 Å². The Bertz CT molecular complexity index is 327. The summed E-state index contributed by atoms with van der Waals surface area (Å²) in [6.45, 7) is 6.41. The molecule has 0 aromatic rings. The maximum atomic E-state index is 12.3. The first kappa shape index (κ1) is 16.6. The average molecular weight is 303 g/mol. The quantitative estimate of drug-likeness (QED) is 0.834. The second kappa shape index (κ2) is 8.03. The van der Waals surface area contributed by atoms with Gasteiger partial charge in [0.2, 0.25) is 5.91 Å². The van der Waals surface area contributed by atoms with Gasteiger partial charge in [0.25, 0.3) is 6.43 Å². The fraction of sp³-hybridized carbons (Fsp3) is 0.933. The number of amides is 1. The number of hydrogen-bond acceptors (Lipinski definition) is 3. The molecule has 0 saturated carbocycles. The Balaban J connectivity index is 1.71. The first-order valence-electron chi connectivity index (χ1n) is 8.05. The van der Waals surface area contributed by atoms with E-state index in [0.717, 1.165) is 25.9 Å². The van der Waals surface area contributed by atoms with Crippen LogP contribution in [0.2, 0.25) is 0 Å². The number of hydrogen-bond donors (Lipinski definition) is 1. The van der Waals surface area contributed by atoms with Gasteiger partial charge in [-0.15, -0.1) is 0 Å². The Hall–Kier alpha value is -0.750. The van der Waals surface area contributed by atoms with Gasteiger partial charge in [0.05, 0.1) is 6.54 Å². The van der Waals surface area contributed by atoms with Crippen LogP contribution < -0.4 is 5.32 Å². The zero-order chi connectivity index (χ0) is 15.2. The predicted octanol–water partition coefficient (Wildman–Crippen LogP) is 1.42. The van der Waals surface area contributed by atoms with E-state index in [1.807, 2.05) is 4.90 Å². The lowest BCUT2D eigenvalue weighted by atomic mass is 9.84. The van der Waals surface area contributed by atoms with Crippen LogP contribution in [0.3, 0.4) is 0 Å². The number of carbonyl (C=O) groups is 1. The molecule has 6 heteroatoms. The molecular formula is C15H27F2N3O. The highest BCUT2D eigenvalue weighted by molar-refractivity contribution is 5.76. The largest absolute Gasteiger partial charge is 0.340 e. The Morgan fingerprint density at radius 1 is 1.19 bits per heavy atom. The lowest BCUT2D eigenvalue weighted by Gasteiger charge is -2.36. The molecule has 2 heterocycles. The van der Waals surface area contributed by atoms with Crippen molar-refractivity contribution >= 4 is 5.91 Å². The summed E-state index contributed by atoms with van der Waals surface area (Å²) in [5, 5.41) is 3.34. The molecule has 21 heavy (non-hydrogen) atoms. The first-order valence-corrected chi connectivity index (χ1v) is 8.05. The average Bonchev–Trinajstić information content (AvgIpc) is 2.48. The normalized spacial score (nSPS) is 23.5. The number of halogens is 2. The minimum atomic E-state index is -2.29. The smallest absolute Gasteiger partial charge is 0.251 e. The first-order chi connectivity index (χ1) is 10.1. The van der Waals surface area contributed by atoms with Gasteiger partial charge in [-0.1, -0.05) is 6.92 Å². The second-order valence-corrected chi connectivity index (χ2v) is 6.34.